The number of hydrogen-bond donors (Lipinski definition) is 2. The molecule has 1 aliphatic heterocycles. The van der Waals surface area contributed by atoms with E-state index in [0.29, 0.717) is 16.4 Å². The van der Waals surface area contributed by atoms with Gasteiger partial charge in [-0.1, -0.05) is 6.07 Å². The van der Waals surface area contributed by atoms with Crippen LogP contribution in [0.15, 0.2) is 40.6 Å². The van der Waals surface area contributed by atoms with Crippen LogP contribution in [0.25, 0.3) is 0 Å². The van der Waals surface area contributed by atoms with Crippen molar-refractivity contribution in [2.24, 2.45) is 0 Å². The van der Waals surface area contributed by atoms with Gasteiger partial charge < -0.3 is 10.4 Å². The number of aliphatic hydroxyl groups is 1. The lowest BCUT2D eigenvalue weighted by Crippen LogP contribution is -2.10. The minimum Gasteiger partial charge on any atom is -0.378 e. The van der Waals surface area contributed by atoms with Crippen molar-refractivity contribution in [1.29, 1.82) is 0 Å². The molecule has 2 heterocycles. The molecule has 96 valence electrons. The van der Waals surface area contributed by atoms with Crippen LogP contribution in [0.3, 0.4) is 0 Å². The summed E-state index contributed by atoms with van der Waals surface area (Å²) in [6.45, 7) is 1.93. The summed E-state index contributed by atoms with van der Waals surface area (Å²) in [5.41, 5.74) is 2.27. The number of nitrogens with zero attached hydrogens (tertiary/aromatic N) is 2. The van der Waals surface area contributed by atoms with Crippen LogP contribution in [-0.2, 0) is 4.79 Å². The smallest absolute Gasteiger partial charge is 0.257 e. The van der Waals surface area contributed by atoms with Gasteiger partial charge in [0.2, 0.25) is 0 Å². The number of carbonyl (C=O) groups excluding carboxylic acids is 1. The summed E-state index contributed by atoms with van der Waals surface area (Å²) in [6, 6.07) is 5.40. The first kappa shape index (κ1) is 12.1. The topological polar surface area (TPSA) is 75.1 Å². The first-order valence-corrected chi connectivity index (χ1v) is 6.54. The zero-order chi connectivity index (χ0) is 13.4. The lowest BCUT2D eigenvalue weighted by molar-refractivity contribution is -0.123. The molecule has 1 aromatic heterocycles. The van der Waals surface area contributed by atoms with E-state index in [2.05, 4.69) is 15.3 Å². The minimum absolute atomic E-state index is 0.385. The molecule has 0 spiro atoms. The normalized spacial score (nSPS) is 17.2. The summed E-state index contributed by atoms with van der Waals surface area (Å²) in [4.78, 5) is 20.7. The molecule has 1 amide bonds. The van der Waals surface area contributed by atoms with E-state index in [1.165, 1.54) is 11.8 Å². The molecule has 1 aromatic carbocycles. The number of nitrogens with one attached hydrogen (secondary N) is 1. The van der Waals surface area contributed by atoms with Crippen molar-refractivity contribution in [3.63, 3.8) is 0 Å². The molecule has 5 nitrogen and oxygen atoms in total. The van der Waals surface area contributed by atoms with E-state index in [-0.39, 0.29) is 5.91 Å². The van der Waals surface area contributed by atoms with Crippen molar-refractivity contribution in [3.8, 4) is 0 Å². The third kappa shape index (κ3) is 2.32. The van der Waals surface area contributed by atoms with Crippen LogP contribution in [0.5, 0.6) is 0 Å². The van der Waals surface area contributed by atoms with Gasteiger partial charge in [-0.3, -0.25) is 4.79 Å². The van der Waals surface area contributed by atoms with Crippen molar-refractivity contribution in [2.45, 2.75) is 23.1 Å². The highest BCUT2D eigenvalue weighted by Gasteiger charge is 2.28. The molecule has 0 saturated carbocycles. The van der Waals surface area contributed by atoms with E-state index in [1.54, 1.807) is 18.5 Å². The second kappa shape index (κ2) is 4.64. The molecular weight excluding hydrogens is 262 g/mol. The van der Waals surface area contributed by atoms with Crippen molar-refractivity contribution in [3.05, 3.63) is 41.7 Å². The van der Waals surface area contributed by atoms with Crippen molar-refractivity contribution in [2.75, 3.05) is 5.32 Å². The Morgan fingerprint density at radius 3 is 2.79 bits per heavy atom. The molecule has 6 heteroatoms. The fourth-order valence-corrected chi connectivity index (χ4v) is 2.56. The van der Waals surface area contributed by atoms with Gasteiger partial charge in [0.15, 0.2) is 11.3 Å². The Labute approximate surface area is 114 Å². The maximum Gasteiger partial charge on any atom is 0.257 e. The number of amides is 1. The monoisotopic (exact) mass is 273 g/mol. The van der Waals surface area contributed by atoms with Crippen LogP contribution in [0, 0.1) is 6.92 Å². The Bertz CT molecular complexity index is 643. The predicted molar refractivity (Wildman–Crippen MR) is 70.9 cm³/mol. The number of aryl methyl sites for hydroxylation is 1. The molecule has 19 heavy (non-hydrogen) atoms. The van der Waals surface area contributed by atoms with Crippen LogP contribution in [0.4, 0.5) is 5.69 Å². The summed E-state index contributed by atoms with van der Waals surface area (Å²) in [7, 11) is 0. The largest absolute Gasteiger partial charge is 0.378 e. The fourth-order valence-electron chi connectivity index (χ4n) is 1.83. The summed E-state index contributed by atoms with van der Waals surface area (Å²) < 4.78 is 0. The molecule has 0 bridgehead atoms. The molecule has 3 rings (SSSR count). The van der Waals surface area contributed by atoms with Crippen LogP contribution < -0.4 is 5.32 Å². The van der Waals surface area contributed by atoms with Gasteiger partial charge in [-0.15, -0.1) is 0 Å². The first-order valence-electron chi connectivity index (χ1n) is 5.73. The predicted octanol–water partition coefficient (Wildman–Crippen LogP) is 1.92. The number of fused-ring (bicyclic) bond motifs is 1. The summed E-state index contributed by atoms with van der Waals surface area (Å²) in [5.74, 6) is -0.385. The molecule has 0 aliphatic carbocycles. The molecule has 2 aromatic rings. The number of aromatic nitrogens is 2. The maximum absolute atomic E-state index is 11.3. The van der Waals surface area contributed by atoms with E-state index in [1.807, 2.05) is 19.1 Å². The average molecular weight is 273 g/mol. The van der Waals surface area contributed by atoms with E-state index >= 15 is 0 Å². The van der Waals surface area contributed by atoms with Gasteiger partial charge in [0.25, 0.3) is 5.91 Å². The highest BCUT2D eigenvalue weighted by atomic mass is 32.2. The Morgan fingerprint density at radius 1 is 1.32 bits per heavy atom. The SMILES string of the molecule is Cc1cnc(Sc2ccc3c(c2)NC(=O)C3O)nc1. The van der Waals surface area contributed by atoms with Gasteiger partial charge in [-0.2, -0.15) is 0 Å². The molecule has 1 atom stereocenters. The van der Waals surface area contributed by atoms with Gasteiger partial charge in [0, 0.05) is 28.5 Å². The quantitative estimate of drug-likeness (QED) is 0.818. The van der Waals surface area contributed by atoms with Gasteiger partial charge in [-0.25, -0.2) is 9.97 Å². The molecule has 2 N–H and O–H groups in total. The number of carbonyl (C=O) groups is 1. The number of aliphatic hydroxyl groups excluding tert-OH is 1. The van der Waals surface area contributed by atoms with Crippen LogP contribution in [-0.4, -0.2) is 21.0 Å². The van der Waals surface area contributed by atoms with Crippen molar-refractivity contribution in [1.82, 2.24) is 9.97 Å². The summed E-state index contributed by atoms with van der Waals surface area (Å²) in [6.07, 6.45) is 2.45. The standard InChI is InChI=1S/C13H11N3O2S/c1-7-5-14-13(15-6-7)19-8-2-3-9-10(4-8)16-12(18)11(9)17/h2-6,11,17H,1H3,(H,16,18). The molecule has 0 radical (unpaired) electrons. The molecular formula is C13H11N3O2S. The number of anilines is 1. The molecule has 1 aliphatic rings. The maximum atomic E-state index is 11.3. The lowest BCUT2D eigenvalue weighted by Gasteiger charge is -2.04. The van der Waals surface area contributed by atoms with Gasteiger partial charge in [-0.05, 0) is 36.4 Å². The third-order valence-electron chi connectivity index (χ3n) is 2.79. The van der Waals surface area contributed by atoms with Crippen LogP contribution >= 0.6 is 11.8 Å². The number of hydrogen-bond acceptors (Lipinski definition) is 5. The zero-order valence-electron chi connectivity index (χ0n) is 10.1. The third-order valence-corrected chi connectivity index (χ3v) is 3.67. The minimum atomic E-state index is -1.07. The van der Waals surface area contributed by atoms with Crippen LogP contribution in [0.2, 0.25) is 0 Å². The van der Waals surface area contributed by atoms with E-state index in [9.17, 15) is 9.90 Å². The molecule has 1 unspecified atom stereocenters. The zero-order valence-corrected chi connectivity index (χ0v) is 10.9. The Balaban J connectivity index is 1.86. The number of rotatable bonds is 2. The van der Waals surface area contributed by atoms with Gasteiger partial charge >= 0.3 is 0 Å². The van der Waals surface area contributed by atoms with Gasteiger partial charge in [0.1, 0.15) is 0 Å². The Morgan fingerprint density at radius 2 is 2.05 bits per heavy atom. The van der Waals surface area contributed by atoms with E-state index in [0.717, 1.165) is 10.5 Å². The molecule has 0 saturated heterocycles. The number of benzene rings is 1. The Kier molecular flexibility index (Phi) is 2.96. The summed E-state index contributed by atoms with van der Waals surface area (Å²) in [5, 5.41) is 12.9. The highest BCUT2D eigenvalue weighted by Crippen LogP contribution is 2.35. The average Bonchev–Trinajstić information content (AvgIpc) is 2.68. The second-order valence-corrected chi connectivity index (χ2v) is 5.33. The first-order chi connectivity index (χ1) is 9.13. The lowest BCUT2D eigenvalue weighted by atomic mass is 10.1. The van der Waals surface area contributed by atoms with Crippen LogP contribution in [0.1, 0.15) is 17.2 Å². The second-order valence-electron chi connectivity index (χ2n) is 4.29. The van der Waals surface area contributed by atoms with Crippen molar-refractivity contribution < 1.29 is 9.90 Å². The highest BCUT2D eigenvalue weighted by molar-refractivity contribution is 7.99. The van der Waals surface area contributed by atoms with E-state index in [4.69, 9.17) is 0 Å². The Hall–Kier alpha value is -1.92. The van der Waals surface area contributed by atoms with E-state index < -0.39 is 6.10 Å². The summed E-state index contributed by atoms with van der Waals surface area (Å²) >= 11 is 1.41. The fraction of sp³-hybridized carbons (Fsp3) is 0.154. The van der Waals surface area contributed by atoms with Crippen molar-refractivity contribution >= 4 is 23.4 Å². The van der Waals surface area contributed by atoms with Gasteiger partial charge in [0.05, 0.1) is 0 Å². The molecule has 0 fully saturated rings.